The van der Waals surface area contributed by atoms with Gasteiger partial charge in [-0.2, -0.15) is 0 Å². The molecule has 0 spiro atoms. The van der Waals surface area contributed by atoms with Gasteiger partial charge < -0.3 is 9.47 Å². The van der Waals surface area contributed by atoms with Gasteiger partial charge in [0.05, 0.1) is 16.6 Å². The van der Waals surface area contributed by atoms with Crippen LogP contribution in [-0.4, -0.2) is 26.4 Å². The summed E-state index contributed by atoms with van der Waals surface area (Å²) in [4.78, 5) is 32.7. The molecular formula is C19H18FN3O2S. The second-order valence-electron chi connectivity index (χ2n) is 6.65. The van der Waals surface area contributed by atoms with Crippen molar-refractivity contribution < 1.29 is 9.18 Å². The number of halogens is 1. The lowest BCUT2D eigenvalue weighted by atomic mass is 10.1. The van der Waals surface area contributed by atoms with Crippen molar-refractivity contribution in [3.8, 4) is 0 Å². The molecule has 1 fully saturated rings. The van der Waals surface area contributed by atoms with Crippen LogP contribution in [-0.2, 0) is 13.6 Å². The number of aromatic nitrogens is 2. The van der Waals surface area contributed by atoms with Crippen LogP contribution in [0.15, 0.2) is 35.4 Å². The molecule has 134 valence electrons. The lowest BCUT2D eigenvalue weighted by Crippen LogP contribution is -2.32. The average Bonchev–Trinajstić information content (AvgIpc) is 3.40. The molecule has 3 aromatic rings. The van der Waals surface area contributed by atoms with E-state index >= 15 is 0 Å². The van der Waals surface area contributed by atoms with E-state index in [1.165, 1.54) is 28.3 Å². The minimum atomic E-state index is -0.311. The number of fused-ring (bicyclic) bond motifs is 1. The quantitative estimate of drug-likeness (QED) is 0.707. The molecule has 2 heterocycles. The third kappa shape index (κ3) is 2.82. The Hall–Kier alpha value is -2.54. The Morgan fingerprint density at radius 2 is 2.12 bits per heavy atom. The molecule has 0 aliphatic heterocycles. The molecule has 0 N–H and O–H groups in total. The molecule has 2 aromatic heterocycles. The third-order valence-corrected chi connectivity index (χ3v) is 5.94. The van der Waals surface area contributed by atoms with Crippen LogP contribution in [0.5, 0.6) is 0 Å². The fraction of sp³-hybridized carbons (Fsp3) is 0.316. The van der Waals surface area contributed by atoms with E-state index in [4.69, 9.17) is 0 Å². The first-order chi connectivity index (χ1) is 12.5. The minimum Gasteiger partial charge on any atom is -0.331 e. The van der Waals surface area contributed by atoms with Gasteiger partial charge in [0, 0.05) is 25.2 Å². The summed E-state index contributed by atoms with van der Waals surface area (Å²) in [6.07, 6.45) is 3.31. The maximum Gasteiger partial charge on any atom is 0.264 e. The van der Waals surface area contributed by atoms with Crippen LogP contribution in [0.3, 0.4) is 0 Å². The van der Waals surface area contributed by atoms with Gasteiger partial charge in [-0.3, -0.25) is 9.59 Å². The highest BCUT2D eigenvalue weighted by atomic mass is 32.1. The SMILES string of the molecule is Cc1c(C(=O)N(Cc2ccccc2F)C2CC2)sc2ncn(C)c(=O)c12. The van der Waals surface area contributed by atoms with Gasteiger partial charge in [0.2, 0.25) is 0 Å². The van der Waals surface area contributed by atoms with Crippen LogP contribution in [0.4, 0.5) is 4.39 Å². The average molecular weight is 371 g/mol. The first-order valence-electron chi connectivity index (χ1n) is 8.46. The Kier molecular flexibility index (Phi) is 4.11. The van der Waals surface area contributed by atoms with Crippen molar-refractivity contribution in [3.63, 3.8) is 0 Å². The zero-order valence-corrected chi connectivity index (χ0v) is 15.3. The molecular weight excluding hydrogens is 353 g/mol. The smallest absolute Gasteiger partial charge is 0.264 e. The van der Waals surface area contributed by atoms with Crippen molar-refractivity contribution in [1.82, 2.24) is 14.5 Å². The van der Waals surface area contributed by atoms with Gasteiger partial charge in [0.15, 0.2) is 0 Å². The fourth-order valence-electron chi connectivity index (χ4n) is 3.11. The number of hydrogen-bond donors (Lipinski definition) is 0. The van der Waals surface area contributed by atoms with Gasteiger partial charge in [-0.1, -0.05) is 18.2 Å². The predicted octanol–water partition coefficient (Wildman–Crippen LogP) is 3.25. The summed E-state index contributed by atoms with van der Waals surface area (Å²) >= 11 is 1.23. The van der Waals surface area contributed by atoms with Crippen molar-refractivity contribution in [2.24, 2.45) is 7.05 Å². The van der Waals surface area contributed by atoms with E-state index in [9.17, 15) is 14.0 Å². The molecule has 1 aliphatic carbocycles. The van der Waals surface area contributed by atoms with Crippen LogP contribution in [0.25, 0.3) is 10.2 Å². The van der Waals surface area contributed by atoms with Crippen molar-refractivity contribution in [2.45, 2.75) is 32.4 Å². The predicted molar refractivity (Wildman–Crippen MR) is 98.9 cm³/mol. The summed E-state index contributed by atoms with van der Waals surface area (Å²) in [7, 11) is 1.64. The number of carbonyl (C=O) groups excluding carboxylic acids is 1. The minimum absolute atomic E-state index is 0.127. The highest BCUT2D eigenvalue weighted by Gasteiger charge is 2.35. The molecule has 0 saturated heterocycles. The second-order valence-corrected chi connectivity index (χ2v) is 7.65. The van der Waals surface area contributed by atoms with Gasteiger partial charge in [-0.05, 0) is 31.4 Å². The summed E-state index contributed by atoms with van der Waals surface area (Å²) in [5, 5.41) is 0.491. The Balaban J connectivity index is 1.74. The molecule has 0 atom stereocenters. The third-order valence-electron chi connectivity index (χ3n) is 4.75. The lowest BCUT2D eigenvalue weighted by Gasteiger charge is -2.22. The van der Waals surface area contributed by atoms with Gasteiger partial charge in [-0.25, -0.2) is 9.37 Å². The normalized spacial score (nSPS) is 14.0. The Labute approximate surface area is 153 Å². The monoisotopic (exact) mass is 371 g/mol. The zero-order chi connectivity index (χ0) is 18.4. The number of hydrogen-bond acceptors (Lipinski definition) is 4. The molecule has 5 nitrogen and oxygen atoms in total. The summed E-state index contributed by atoms with van der Waals surface area (Å²) < 4.78 is 15.5. The first kappa shape index (κ1) is 16.9. The largest absolute Gasteiger partial charge is 0.331 e. The number of rotatable bonds is 4. The van der Waals surface area contributed by atoms with E-state index in [0.29, 0.717) is 26.2 Å². The van der Waals surface area contributed by atoms with Crippen LogP contribution in [0, 0.1) is 12.7 Å². The van der Waals surface area contributed by atoms with E-state index in [1.54, 1.807) is 37.1 Å². The summed E-state index contributed by atoms with van der Waals surface area (Å²) in [5.41, 5.74) is 0.998. The summed E-state index contributed by atoms with van der Waals surface area (Å²) in [5.74, 6) is -0.465. The standard InChI is InChI=1S/C19H18FN3O2S/c1-11-15-17(21-10-22(2)18(15)24)26-16(11)19(25)23(13-7-8-13)9-12-5-3-4-6-14(12)20/h3-6,10,13H,7-9H2,1-2H3. The van der Waals surface area contributed by atoms with Crippen molar-refractivity contribution >= 4 is 27.5 Å². The highest BCUT2D eigenvalue weighted by molar-refractivity contribution is 7.20. The number of thiophene rings is 1. The van der Waals surface area contributed by atoms with E-state index in [1.807, 2.05) is 0 Å². The maximum atomic E-state index is 14.1. The van der Waals surface area contributed by atoms with Gasteiger partial charge in [0.25, 0.3) is 11.5 Å². The fourth-order valence-corrected chi connectivity index (χ4v) is 4.20. The van der Waals surface area contributed by atoms with E-state index in [0.717, 1.165) is 12.8 Å². The molecule has 1 aliphatic rings. The molecule has 4 rings (SSSR count). The molecule has 0 unspecified atom stereocenters. The topological polar surface area (TPSA) is 55.2 Å². The number of benzene rings is 1. The Bertz CT molecular complexity index is 1070. The number of aryl methyl sites for hydroxylation is 2. The number of carbonyl (C=O) groups is 1. The van der Waals surface area contributed by atoms with Crippen molar-refractivity contribution in [3.05, 3.63) is 62.8 Å². The van der Waals surface area contributed by atoms with Crippen molar-refractivity contribution in [2.75, 3.05) is 0 Å². The number of nitrogens with zero attached hydrogens (tertiary/aromatic N) is 3. The van der Waals surface area contributed by atoms with Crippen LogP contribution in [0.2, 0.25) is 0 Å². The van der Waals surface area contributed by atoms with Crippen LogP contribution in [0.1, 0.15) is 33.6 Å². The summed E-state index contributed by atoms with van der Waals surface area (Å²) in [6, 6.07) is 6.64. The van der Waals surface area contributed by atoms with E-state index < -0.39 is 0 Å². The zero-order valence-electron chi connectivity index (χ0n) is 14.5. The van der Waals surface area contributed by atoms with Crippen LogP contribution >= 0.6 is 11.3 Å². The highest BCUT2D eigenvalue weighted by Crippen LogP contribution is 2.34. The molecule has 1 amide bonds. The van der Waals surface area contributed by atoms with Crippen molar-refractivity contribution in [1.29, 1.82) is 0 Å². The first-order valence-corrected chi connectivity index (χ1v) is 9.28. The van der Waals surface area contributed by atoms with E-state index in [-0.39, 0.29) is 29.9 Å². The second kappa shape index (κ2) is 6.32. The van der Waals surface area contributed by atoms with Gasteiger partial charge in [-0.15, -0.1) is 11.3 Å². The number of amides is 1. The van der Waals surface area contributed by atoms with Crippen LogP contribution < -0.4 is 5.56 Å². The maximum absolute atomic E-state index is 14.1. The Morgan fingerprint density at radius 1 is 1.38 bits per heavy atom. The molecule has 0 radical (unpaired) electrons. The molecule has 7 heteroatoms. The van der Waals surface area contributed by atoms with Gasteiger partial charge in [0.1, 0.15) is 10.6 Å². The van der Waals surface area contributed by atoms with E-state index in [2.05, 4.69) is 4.98 Å². The van der Waals surface area contributed by atoms with Gasteiger partial charge >= 0.3 is 0 Å². The Morgan fingerprint density at radius 3 is 2.81 bits per heavy atom. The molecule has 26 heavy (non-hydrogen) atoms. The molecule has 1 saturated carbocycles. The molecule has 1 aromatic carbocycles. The molecule has 0 bridgehead atoms. The lowest BCUT2D eigenvalue weighted by molar-refractivity contribution is 0.0732. The summed E-state index contributed by atoms with van der Waals surface area (Å²) in [6.45, 7) is 2.01.